The Kier molecular flexibility index (Phi) is 6.45. The Hall–Kier alpha value is -0.160. The summed E-state index contributed by atoms with van der Waals surface area (Å²) in [6.07, 6.45) is 0.276. The third-order valence-corrected chi connectivity index (χ3v) is 1.25. The maximum atomic E-state index is 8.81. The highest BCUT2D eigenvalue weighted by Crippen LogP contribution is 1.90. The molecule has 0 saturated heterocycles. The lowest BCUT2D eigenvalue weighted by Crippen LogP contribution is -2.30. The third kappa shape index (κ3) is 7.74. The molecule has 0 aromatic heterocycles. The van der Waals surface area contributed by atoms with Gasteiger partial charge in [0.05, 0.1) is 25.4 Å². The first-order valence-electron chi connectivity index (χ1n) is 3.79. The van der Waals surface area contributed by atoms with E-state index in [4.69, 9.17) is 20.7 Å². The van der Waals surface area contributed by atoms with Gasteiger partial charge in [0.1, 0.15) is 0 Å². The first-order chi connectivity index (χ1) is 5.16. The molecule has 4 N–H and O–H groups in total. The summed E-state index contributed by atoms with van der Waals surface area (Å²) in [5.74, 6) is 0. The Morgan fingerprint density at radius 2 is 2.18 bits per heavy atom. The lowest BCUT2D eigenvalue weighted by molar-refractivity contribution is 0.0712. The summed E-state index contributed by atoms with van der Waals surface area (Å²) >= 11 is 0. The maximum Gasteiger partial charge on any atom is 0.0639 e. The zero-order valence-corrected chi connectivity index (χ0v) is 6.86. The molecule has 0 fully saturated rings. The van der Waals surface area contributed by atoms with Crippen molar-refractivity contribution in [2.24, 2.45) is 5.73 Å². The van der Waals surface area contributed by atoms with Crippen molar-refractivity contribution >= 4 is 0 Å². The molecule has 11 heavy (non-hydrogen) atoms. The van der Waals surface area contributed by atoms with Crippen LogP contribution >= 0.6 is 0 Å². The van der Waals surface area contributed by atoms with Crippen LogP contribution in [0.1, 0.15) is 13.3 Å². The van der Waals surface area contributed by atoms with Crippen LogP contribution in [0.5, 0.6) is 0 Å². The van der Waals surface area contributed by atoms with Crippen LogP contribution in [0.15, 0.2) is 0 Å². The zero-order valence-electron chi connectivity index (χ0n) is 6.86. The van der Waals surface area contributed by atoms with Crippen LogP contribution in [0.4, 0.5) is 0 Å². The zero-order chi connectivity index (χ0) is 8.69. The molecule has 2 atom stereocenters. The quantitative estimate of drug-likeness (QED) is 0.443. The van der Waals surface area contributed by atoms with Gasteiger partial charge in [-0.3, -0.25) is 0 Å². The van der Waals surface area contributed by atoms with E-state index in [2.05, 4.69) is 0 Å². The van der Waals surface area contributed by atoms with Crippen LogP contribution in [0.3, 0.4) is 0 Å². The minimum atomic E-state index is -0.333. The predicted molar refractivity (Wildman–Crippen MR) is 42.2 cm³/mol. The molecular weight excluding hydrogens is 146 g/mol. The predicted octanol–water partition coefficient (Wildman–Crippen LogP) is -0.906. The van der Waals surface area contributed by atoms with Gasteiger partial charge in [-0.15, -0.1) is 0 Å². The van der Waals surface area contributed by atoms with Crippen LogP contribution in [-0.2, 0) is 4.74 Å². The standard InChI is InChI=1S/C7H17NO3/c1-6(10)2-3-11-5-7(8)4-9/h6-7,9-10H,2-5,8H2,1H3. The average Bonchev–Trinajstić information content (AvgIpc) is 1.97. The van der Waals surface area contributed by atoms with E-state index in [1.54, 1.807) is 6.92 Å². The molecule has 0 aliphatic carbocycles. The summed E-state index contributed by atoms with van der Waals surface area (Å²) in [6.45, 7) is 2.48. The van der Waals surface area contributed by atoms with Crippen LogP contribution in [0, 0.1) is 0 Å². The molecule has 0 radical (unpaired) electrons. The molecule has 68 valence electrons. The van der Waals surface area contributed by atoms with E-state index in [0.717, 1.165) is 0 Å². The van der Waals surface area contributed by atoms with Crippen molar-refractivity contribution < 1.29 is 14.9 Å². The van der Waals surface area contributed by atoms with Crippen LogP contribution in [0.25, 0.3) is 0 Å². The Morgan fingerprint density at radius 1 is 1.55 bits per heavy atom. The van der Waals surface area contributed by atoms with E-state index in [9.17, 15) is 0 Å². The lowest BCUT2D eigenvalue weighted by Gasteiger charge is -2.09. The van der Waals surface area contributed by atoms with Gasteiger partial charge >= 0.3 is 0 Å². The Balaban J connectivity index is 3.01. The number of aliphatic hydroxyl groups is 2. The number of rotatable bonds is 6. The Labute approximate surface area is 67.0 Å². The molecule has 0 amide bonds. The highest BCUT2D eigenvalue weighted by atomic mass is 16.5. The highest BCUT2D eigenvalue weighted by Gasteiger charge is 2.00. The number of nitrogens with two attached hydrogens (primary N) is 1. The summed E-state index contributed by atoms with van der Waals surface area (Å²) in [7, 11) is 0. The number of ether oxygens (including phenoxy) is 1. The minimum absolute atomic E-state index is 0.0608. The lowest BCUT2D eigenvalue weighted by atomic mass is 10.3. The van der Waals surface area contributed by atoms with Crippen LogP contribution in [0.2, 0.25) is 0 Å². The van der Waals surface area contributed by atoms with E-state index in [-0.39, 0.29) is 18.8 Å². The summed E-state index contributed by atoms with van der Waals surface area (Å²) in [5.41, 5.74) is 5.35. The molecule has 4 nitrogen and oxygen atoms in total. The highest BCUT2D eigenvalue weighted by molar-refractivity contribution is 4.56. The molecule has 0 rings (SSSR count). The van der Waals surface area contributed by atoms with Gasteiger partial charge in [0.15, 0.2) is 0 Å². The van der Waals surface area contributed by atoms with Gasteiger partial charge in [-0.25, -0.2) is 0 Å². The minimum Gasteiger partial charge on any atom is -0.395 e. The molecule has 0 heterocycles. The average molecular weight is 163 g/mol. The molecular formula is C7H17NO3. The summed E-state index contributed by atoms with van der Waals surface area (Å²) in [4.78, 5) is 0. The topological polar surface area (TPSA) is 75.7 Å². The van der Waals surface area contributed by atoms with Crippen molar-refractivity contribution in [1.29, 1.82) is 0 Å². The Bertz CT molecular complexity index is 87.8. The largest absolute Gasteiger partial charge is 0.395 e. The van der Waals surface area contributed by atoms with Gasteiger partial charge in [0, 0.05) is 6.61 Å². The number of aliphatic hydroxyl groups excluding tert-OH is 2. The van der Waals surface area contributed by atoms with Crippen molar-refractivity contribution in [3.05, 3.63) is 0 Å². The van der Waals surface area contributed by atoms with E-state index in [1.165, 1.54) is 0 Å². The van der Waals surface area contributed by atoms with E-state index < -0.39 is 0 Å². The van der Waals surface area contributed by atoms with Gasteiger partial charge in [0.2, 0.25) is 0 Å². The summed E-state index contributed by atoms with van der Waals surface area (Å²) < 4.78 is 5.05. The smallest absolute Gasteiger partial charge is 0.0639 e. The molecule has 0 saturated carbocycles. The van der Waals surface area contributed by atoms with Crippen molar-refractivity contribution in [2.45, 2.75) is 25.5 Å². The molecule has 0 bridgehead atoms. The summed E-state index contributed by atoms with van der Waals surface area (Å²) in [5, 5.41) is 17.3. The normalized spacial score (nSPS) is 16.4. The van der Waals surface area contributed by atoms with E-state index >= 15 is 0 Å². The fourth-order valence-electron chi connectivity index (χ4n) is 0.541. The van der Waals surface area contributed by atoms with Gasteiger partial charge < -0.3 is 20.7 Å². The van der Waals surface area contributed by atoms with Crippen molar-refractivity contribution in [2.75, 3.05) is 19.8 Å². The molecule has 0 aromatic rings. The van der Waals surface area contributed by atoms with Crippen molar-refractivity contribution in [1.82, 2.24) is 0 Å². The second-order valence-electron chi connectivity index (χ2n) is 2.66. The first-order valence-corrected chi connectivity index (χ1v) is 3.79. The second kappa shape index (κ2) is 6.54. The van der Waals surface area contributed by atoms with Crippen molar-refractivity contribution in [3.8, 4) is 0 Å². The molecule has 0 spiro atoms. The van der Waals surface area contributed by atoms with E-state index in [0.29, 0.717) is 19.6 Å². The summed E-state index contributed by atoms with van der Waals surface area (Å²) in [6, 6.07) is -0.302. The van der Waals surface area contributed by atoms with E-state index in [1.807, 2.05) is 0 Å². The molecule has 0 aliphatic rings. The van der Waals surface area contributed by atoms with Gasteiger partial charge in [-0.1, -0.05) is 0 Å². The fourth-order valence-corrected chi connectivity index (χ4v) is 0.541. The van der Waals surface area contributed by atoms with Gasteiger partial charge in [-0.2, -0.15) is 0 Å². The molecule has 0 aromatic carbocycles. The van der Waals surface area contributed by atoms with Crippen LogP contribution < -0.4 is 5.73 Å². The van der Waals surface area contributed by atoms with Crippen molar-refractivity contribution in [3.63, 3.8) is 0 Å². The number of hydrogen-bond acceptors (Lipinski definition) is 4. The molecule has 0 aliphatic heterocycles. The van der Waals surface area contributed by atoms with Gasteiger partial charge in [0.25, 0.3) is 0 Å². The third-order valence-electron chi connectivity index (χ3n) is 1.25. The fraction of sp³-hybridized carbons (Fsp3) is 1.00. The first kappa shape index (κ1) is 10.8. The maximum absolute atomic E-state index is 8.81. The SMILES string of the molecule is CC(O)CCOCC(N)CO. The van der Waals surface area contributed by atoms with Gasteiger partial charge in [-0.05, 0) is 13.3 Å². The molecule has 2 unspecified atom stereocenters. The Morgan fingerprint density at radius 3 is 2.64 bits per heavy atom. The number of hydrogen-bond donors (Lipinski definition) is 3. The monoisotopic (exact) mass is 163 g/mol. The second-order valence-corrected chi connectivity index (χ2v) is 2.66. The molecule has 4 heteroatoms. The van der Waals surface area contributed by atoms with Crippen LogP contribution in [-0.4, -0.2) is 42.2 Å².